The maximum absolute atomic E-state index is 13.7. The molecule has 0 aliphatic carbocycles. The van der Waals surface area contributed by atoms with Gasteiger partial charge in [0.15, 0.2) is 9.84 Å². The van der Waals surface area contributed by atoms with Gasteiger partial charge in [-0.05, 0) is 30.5 Å². The Kier molecular flexibility index (Phi) is 4.73. The van der Waals surface area contributed by atoms with Gasteiger partial charge in [-0.1, -0.05) is 20.8 Å². The molecule has 1 aromatic rings. The fraction of sp³-hybridized carbons (Fsp3) is 0.538. The maximum Gasteiger partial charge on any atom is 0.175 e. The SMILES string of the molecule is CCC(Nc1cc(S(C)(=O)=O)ccc1F)C(C)C. The molecule has 0 radical (unpaired) electrons. The van der Waals surface area contributed by atoms with E-state index in [1.54, 1.807) is 0 Å². The minimum Gasteiger partial charge on any atom is -0.380 e. The molecule has 0 bridgehead atoms. The summed E-state index contributed by atoms with van der Waals surface area (Å²) < 4.78 is 36.5. The predicted octanol–water partition coefficient (Wildman–Crippen LogP) is 3.08. The first-order valence-electron chi connectivity index (χ1n) is 6.01. The van der Waals surface area contributed by atoms with Crippen molar-refractivity contribution in [1.82, 2.24) is 0 Å². The van der Waals surface area contributed by atoms with Crippen LogP contribution in [0.2, 0.25) is 0 Å². The van der Waals surface area contributed by atoms with Gasteiger partial charge in [-0.2, -0.15) is 0 Å². The van der Waals surface area contributed by atoms with Gasteiger partial charge in [0.2, 0.25) is 0 Å². The van der Waals surface area contributed by atoms with Crippen LogP contribution in [0.1, 0.15) is 27.2 Å². The van der Waals surface area contributed by atoms with Crippen LogP contribution in [-0.4, -0.2) is 20.7 Å². The van der Waals surface area contributed by atoms with E-state index >= 15 is 0 Å². The van der Waals surface area contributed by atoms with Crippen LogP contribution in [0.5, 0.6) is 0 Å². The lowest BCUT2D eigenvalue weighted by atomic mass is 10.0. The summed E-state index contributed by atoms with van der Waals surface area (Å²) in [7, 11) is -3.31. The molecule has 0 aliphatic rings. The van der Waals surface area contributed by atoms with Crippen molar-refractivity contribution in [2.24, 2.45) is 5.92 Å². The molecule has 18 heavy (non-hydrogen) atoms. The number of hydrogen-bond donors (Lipinski definition) is 1. The summed E-state index contributed by atoms with van der Waals surface area (Å²) in [5.41, 5.74) is 0.249. The molecule has 1 N–H and O–H groups in total. The third kappa shape index (κ3) is 3.70. The van der Waals surface area contributed by atoms with E-state index in [9.17, 15) is 12.8 Å². The number of anilines is 1. The molecule has 0 heterocycles. The fourth-order valence-electron chi connectivity index (χ4n) is 1.79. The van der Waals surface area contributed by atoms with Crippen LogP contribution in [0.15, 0.2) is 23.1 Å². The van der Waals surface area contributed by atoms with Gasteiger partial charge < -0.3 is 5.32 Å². The molecule has 0 aliphatic heterocycles. The van der Waals surface area contributed by atoms with E-state index in [-0.39, 0.29) is 16.6 Å². The molecule has 0 saturated heterocycles. The summed E-state index contributed by atoms with van der Waals surface area (Å²) in [5.74, 6) is -0.0854. The third-order valence-electron chi connectivity index (χ3n) is 2.95. The zero-order valence-electron chi connectivity index (χ0n) is 11.2. The van der Waals surface area contributed by atoms with Gasteiger partial charge in [0.1, 0.15) is 5.82 Å². The Balaban J connectivity index is 3.09. The largest absolute Gasteiger partial charge is 0.380 e. The fourth-order valence-corrected chi connectivity index (χ4v) is 2.43. The summed E-state index contributed by atoms with van der Waals surface area (Å²) in [6.07, 6.45) is 1.96. The molecule has 0 amide bonds. The quantitative estimate of drug-likeness (QED) is 0.839. The Bertz CT molecular complexity index is 512. The zero-order valence-corrected chi connectivity index (χ0v) is 12.0. The lowest BCUT2D eigenvalue weighted by Crippen LogP contribution is -2.25. The molecule has 1 unspecified atom stereocenters. The van der Waals surface area contributed by atoms with Crippen LogP contribution >= 0.6 is 0 Å². The minimum absolute atomic E-state index is 0.120. The highest BCUT2D eigenvalue weighted by molar-refractivity contribution is 7.90. The Morgan fingerprint density at radius 2 is 1.94 bits per heavy atom. The molecule has 0 aromatic heterocycles. The lowest BCUT2D eigenvalue weighted by molar-refractivity contribution is 0.506. The minimum atomic E-state index is -3.31. The summed E-state index contributed by atoms with van der Waals surface area (Å²) in [6.45, 7) is 6.09. The second kappa shape index (κ2) is 5.69. The molecule has 1 aromatic carbocycles. The molecular weight excluding hydrogens is 253 g/mol. The van der Waals surface area contributed by atoms with Crippen molar-refractivity contribution in [3.63, 3.8) is 0 Å². The third-order valence-corrected chi connectivity index (χ3v) is 4.06. The van der Waals surface area contributed by atoms with E-state index in [2.05, 4.69) is 5.32 Å². The van der Waals surface area contributed by atoms with Gasteiger partial charge in [0.05, 0.1) is 10.6 Å². The van der Waals surface area contributed by atoms with Gasteiger partial charge in [0.25, 0.3) is 0 Å². The normalized spacial score (nSPS) is 13.7. The average molecular weight is 273 g/mol. The molecule has 1 atom stereocenters. The summed E-state index contributed by atoms with van der Waals surface area (Å²) in [5, 5.41) is 3.07. The van der Waals surface area contributed by atoms with Crippen molar-refractivity contribution in [3.8, 4) is 0 Å². The van der Waals surface area contributed by atoms with Gasteiger partial charge in [0, 0.05) is 12.3 Å². The lowest BCUT2D eigenvalue weighted by Gasteiger charge is -2.22. The Morgan fingerprint density at radius 1 is 1.33 bits per heavy atom. The van der Waals surface area contributed by atoms with Crippen LogP contribution in [0.25, 0.3) is 0 Å². The second-order valence-electron chi connectivity index (χ2n) is 4.82. The smallest absolute Gasteiger partial charge is 0.175 e. The summed E-state index contributed by atoms with van der Waals surface area (Å²) in [4.78, 5) is 0.130. The summed E-state index contributed by atoms with van der Waals surface area (Å²) in [6, 6.07) is 3.95. The first kappa shape index (κ1) is 15.0. The van der Waals surface area contributed by atoms with Crippen LogP contribution in [0.4, 0.5) is 10.1 Å². The first-order valence-corrected chi connectivity index (χ1v) is 7.91. The first-order chi connectivity index (χ1) is 8.25. The van der Waals surface area contributed by atoms with Crippen molar-refractivity contribution in [2.45, 2.75) is 38.1 Å². The molecule has 0 spiro atoms. The highest BCUT2D eigenvalue weighted by atomic mass is 32.2. The molecule has 0 fully saturated rings. The average Bonchev–Trinajstić information content (AvgIpc) is 2.25. The van der Waals surface area contributed by atoms with E-state index < -0.39 is 15.7 Å². The van der Waals surface area contributed by atoms with Crippen molar-refractivity contribution >= 4 is 15.5 Å². The monoisotopic (exact) mass is 273 g/mol. The van der Waals surface area contributed by atoms with Gasteiger partial charge in [-0.15, -0.1) is 0 Å². The summed E-state index contributed by atoms with van der Waals surface area (Å²) >= 11 is 0. The highest BCUT2D eigenvalue weighted by Crippen LogP contribution is 2.22. The van der Waals surface area contributed by atoms with E-state index in [1.807, 2.05) is 20.8 Å². The van der Waals surface area contributed by atoms with E-state index in [0.717, 1.165) is 12.7 Å². The number of hydrogen-bond acceptors (Lipinski definition) is 3. The predicted molar refractivity (Wildman–Crippen MR) is 72.0 cm³/mol. The standard InChI is InChI=1S/C13H20FNO2S/c1-5-12(9(2)3)15-13-8-10(18(4,16)17)6-7-11(13)14/h6-9,12,15H,5H2,1-4H3. The Morgan fingerprint density at radius 3 is 2.39 bits per heavy atom. The molecule has 102 valence electrons. The van der Waals surface area contributed by atoms with Crippen LogP contribution in [-0.2, 0) is 9.84 Å². The van der Waals surface area contributed by atoms with Crippen molar-refractivity contribution < 1.29 is 12.8 Å². The van der Waals surface area contributed by atoms with Crippen LogP contribution in [0.3, 0.4) is 0 Å². The topological polar surface area (TPSA) is 46.2 Å². The molecule has 0 saturated carbocycles. The van der Waals surface area contributed by atoms with E-state index in [1.165, 1.54) is 18.2 Å². The number of benzene rings is 1. The van der Waals surface area contributed by atoms with Crippen molar-refractivity contribution in [1.29, 1.82) is 0 Å². The van der Waals surface area contributed by atoms with Crippen LogP contribution < -0.4 is 5.32 Å². The Labute approximate surface area is 108 Å². The number of sulfone groups is 1. The number of halogens is 1. The second-order valence-corrected chi connectivity index (χ2v) is 6.83. The van der Waals surface area contributed by atoms with Gasteiger partial charge in [-0.3, -0.25) is 0 Å². The van der Waals surface area contributed by atoms with Crippen LogP contribution in [0, 0.1) is 11.7 Å². The van der Waals surface area contributed by atoms with Gasteiger partial charge in [-0.25, -0.2) is 12.8 Å². The molecular formula is C13H20FNO2S. The maximum atomic E-state index is 13.7. The number of rotatable bonds is 5. The van der Waals surface area contributed by atoms with Gasteiger partial charge >= 0.3 is 0 Å². The molecule has 3 nitrogen and oxygen atoms in total. The zero-order chi connectivity index (χ0) is 13.9. The highest BCUT2D eigenvalue weighted by Gasteiger charge is 2.15. The molecule has 5 heteroatoms. The van der Waals surface area contributed by atoms with E-state index in [4.69, 9.17) is 0 Å². The molecule has 1 rings (SSSR count). The van der Waals surface area contributed by atoms with E-state index in [0.29, 0.717) is 5.92 Å². The number of nitrogens with one attached hydrogen (secondary N) is 1. The van der Waals surface area contributed by atoms with Crippen molar-refractivity contribution in [3.05, 3.63) is 24.0 Å². The van der Waals surface area contributed by atoms with Crippen molar-refractivity contribution in [2.75, 3.05) is 11.6 Å². The Hall–Kier alpha value is -1.10.